The van der Waals surface area contributed by atoms with Crippen molar-refractivity contribution in [2.75, 3.05) is 7.11 Å². The van der Waals surface area contributed by atoms with Crippen molar-refractivity contribution in [3.63, 3.8) is 0 Å². The number of ketones is 1. The molecule has 0 atom stereocenters. The lowest BCUT2D eigenvalue weighted by Gasteiger charge is -2.07. The minimum absolute atomic E-state index is 0.124. The van der Waals surface area contributed by atoms with E-state index in [1.54, 1.807) is 19.1 Å². The molecule has 0 radical (unpaired) electrons. The molecule has 0 N–H and O–H groups in total. The molecule has 0 unspecified atom stereocenters. The maximum atomic E-state index is 13.2. The highest BCUT2D eigenvalue weighted by atomic mass is 19.3. The van der Waals surface area contributed by atoms with Gasteiger partial charge in [0.15, 0.2) is 0 Å². The molecule has 0 saturated heterocycles. The van der Waals surface area contributed by atoms with Gasteiger partial charge >= 0.3 is 5.92 Å². The molecule has 1 aliphatic rings. The normalized spacial score (nSPS) is 17.7. The number of carbonyl (C=O) groups excluding carboxylic acids is 1. The molecule has 1 aromatic rings. The molecule has 2 nitrogen and oxygen atoms in total. The maximum absolute atomic E-state index is 13.2. The number of ether oxygens (including phenoxy) is 1. The number of benzene rings is 1. The van der Waals surface area contributed by atoms with Gasteiger partial charge in [0.05, 0.1) is 7.11 Å². The lowest BCUT2D eigenvalue weighted by molar-refractivity contribution is 0.0166. The second-order valence-electron chi connectivity index (χ2n) is 3.65. The molecule has 0 bridgehead atoms. The van der Waals surface area contributed by atoms with Crippen LogP contribution in [0.15, 0.2) is 12.1 Å². The summed E-state index contributed by atoms with van der Waals surface area (Å²) in [5.41, 5.74) is 1.03. The average Bonchev–Trinajstić information content (AvgIpc) is 2.40. The molecular formula is C11H10F2O2. The number of hydrogen-bond acceptors (Lipinski definition) is 2. The minimum Gasteiger partial charge on any atom is -0.496 e. The number of methoxy groups -OCH3 is 1. The van der Waals surface area contributed by atoms with E-state index >= 15 is 0 Å². The molecule has 80 valence electrons. The van der Waals surface area contributed by atoms with Crippen LogP contribution in [0.25, 0.3) is 0 Å². The summed E-state index contributed by atoms with van der Waals surface area (Å²) in [6, 6.07) is 3.24. The minimum atomic E-state index is -3.28. The lowest BCUT2D eigenvalue weighted by Crippen LogP contribution is -2.24. The zero-order chi connectivity index (χ0) is 11.2. The third-order valence-corrected chi connectivity index (χ3v) is 2.66. The second-order valence-corrected chi connectivity index (χ2v) is 3.65. The largest absolute Gasteiger partial charge is 0.496 e. The number of carbonyl (C=O) groups is 1. The fraction of sp³-hybridized carbons (Fsp3) is 0.364. The van der Waals surface area contributed by atoms with Gasteiger partial charge in [0.2, 0.25) is 5.78 Å². The van der Waals surface area contributed by atoms with Gasteiger partial charge in [0, 0.05) is 17.5 Å². The topological polar surface area (TPSA) is 26.3 Å². The maximum Gasteiger partial charge on any atom is 0.313 e. The van der Waals surface area contributed by atoms with Crippen LogP contribution in [-0.2, 0) is 6.42 Å². The van der Waals surface area contributed by atoms with Crippen molar-refractivity contribution in [2.45, 2.75) is 19.3 Å². The first-order valence-corrected chi connectivity index (χ1v) is 4.56. The van der Waals surface area contributed by atoms with Crippen LogP contribution in [0.1, 0.15) is 21.5 Å². The molecule has 0 spiro atoms. The number of aryl methyl sites for hydroxylation is 1. The summed E-state index contributed by atoms with van der Waals surface area (Å²) < 4.78 is 31.4. The van der Waals surface area contributed by atoms with Crippen LogP contribution in [0.3, 0.4) is 0 Å². The first-order valence-electron chi connectivity index (χ1n) is 4.56. The van der Waals surface area contributed by atoms with Crippen LogP contribution in [0.5, 0.6) is 5.75 Å². The third-order valence-electron chi connectivity index (χ3n) is 2.66. The highest BCUT2D eigenvalue weighted by Gasteiger charge is 2.48. The Morgan fingerprint density at radius 3 is 2.67 bits per heavy atom. The predicted octanol–water partition coefficient (Wildman–Crippen LogP) is 2.38. The number of alkyl halides is 2. The van der Waals surface area contributed by atoms with Crippen molar-refractivity contribution < 1.29 is 18.3 Å². The van der Waals surface area contributed by atoms with Gasteiger partial charge < -0.3 is 4.74 Å². The molecule has 15 heavy (non-hydrogen) atoms. The van der Waals surface area contributed by atoms with Gasteiger partial charge in [-0.3, -0.25) is 4.79 Å². The molecular weight excluding hydrogens is 202 g/mol. The molecule has 0 aromatic heterocycles. The van der Waals surface area contributed by atoms with E-state index in [0.29, 0.717) is 16.9 Å². The summed E-state index contributed by atoms with van der Waals surface area (Å²) in [6.07, 6.45) is -0.550. The number of rotatable bonds is 1. The Kier molecular flexibility index (Phi) is 2.03. The number of halogens is 2. The van der Waals surface area contributed by atoms with Gasteiger partial charge in [0.1, 0.15) is 5.75 Å². The summed E-state index contributed by atoms with van der Waals surface area (Å²) in [5.74, 6) is -4.00. The Labute approximate surface area is 85.9 Å². The molecule has 0 aliphatic heterocycles. The summed E-state index contributed by atoms with van der Waals surface area (Å²) >= 11 is 0. The van der Waals surface area contributed by atoms with Gasteiger partial charge in [-0.2, -0.15) is 8.78 Å². The van der Waals surface area contributed by atoms with Gasteiger partial charge in [-0.1, -0.05) is 6.07 Å². The zero-order valence-corrected chi connectivity index (χ0v) is 8.43. The molecule has 0 amide bonds. The number of Topliss-reactive ketones (excluding diaryl/α,β-unsaturated/α-hetero) is 1. The fourth-order valence-corrected chi connectivity index (χ4v) is 1.91. The van der Waals surface area contributed by atoms with E-state index in [-0.39, 0.29) is 5.56 Å². The Hall–Kier alpha value is -1.45. The van der Waals surface area contributed by atoms with E-state index in [2.05, 4.69) is 0 Å². The van der Waals surface area contributed by atoms with E-state index in [1.807, 2.05) is 0 Å². The summed E-state index contributed by atoms with van der Waals surface area (Å²) in [7, 11) is 1.41. The van der Waals surface area contributed by atoms with Crippen LogP contribution < -0.4 is 4.74 Å². The monoisotopic (exact) mass is 212 g/mol. The molecule has 4 heteroatoms. The van der Waals surface area contributed by atoms with Gasteiger partial charge in [0.25, 0.3) is 0 Å². The Balaban J connectivity index is 2.67. The van der Waals surface area contributed by atoms with E-state index in [0.717, 1.165) is 0 Å². The van der Waals surface area contributed by atoms with Crippen molar-refractivity contribution in [1.29, 1.82) is 0 Å². The summed E-state index contributed by atoms with van der Waals surface area (Å²) in [5, 5.41) is 0. The van der Waals surface area contributed by atoms with Crippen molar-refractivity contribution >= 4 is 5.78 Å². The number of hydrogen-bond donors (Lipinski definition) is 0. The SMILES string of the molecule is COc1ccc(C)c2c1CC(F)(F)C2=O. The van der Waals surface area contributed by atoms with Gasteiger partial charge in [-0.25, -0.2) is 0 Å². The molecule has 1 aromatic carbocycles. The Bertz CT molecular complexity index is 438. The second kappa shape index (κ2) is 3.02. The standard InChI is InChI=1S/C11H10F2O2/c1-6-3-4-8(15-2)7-5-11(12,13)10(14)9(6)7/h3-4H,5H2,1-2H3. The van der Waals surface area contributed by atoms with Crippen molar-refractivity contribution in [1.82, 2.24) is 0 Å². The molecule has 0 saturated carbocycles. The third kappa shape index (κ3) is 1.32. The van der Waals surface area contributed by atoms with Gasteiger partial charge in [-0.05, 0) is 18.6 Å². The quantitative estimate of drug-likeness (QED) is 0.714. The Morgan fingerprint density at radius 2 is 2.07 bits per heavy atom. The summed E-state index contributed by atoms with van der Waals surface area (Å²) in [4.78, 5) is 11.4. The highest BCUT2D eigenvalue weighted by molar-refractivity contribution is 6.07. The van der Waals surface area contributed by atoms with E-state index < -0.39 is 18.1 Å². The smallest absolute Gasteiger partial charge is 0.313 e. The Morgan fingerprint density at radius 1 is 1.40 bits per heavy atom. The van der Waals surface area contributed by atoms with Crippen LogP contribution in [0.2, 0.25) is 0 Å². The van der Waals surface area contributed by atoms with Crippen LogP contribution in [0, 0.1) is 6.92 Å². The first-order chi connectivity index (χ1) is 6.97. The van der Waals surface area contributed by atoms with Crippen molar-refractivity contribution in [3.8, 4) is 5.75 Å². The molecule has 1 aliphatic carbocycles. The van der Waals surface area contributed by atoms with E-state index in [4.69, 9.17) is 4.74 Å². The average molecular weight is 212 g/mol. The zero-order valence-electron chi connectivity index (χ0n) is 8.43. The van der Waals surface area contributed by atoms with Crippen LogP contribution >= 0.6 is 0 Å². The van der Waals surface area contributed by atoms with Gasteiger partial charge in [-0.15, -0.1) is 0 Å². The van der Waals surface area contributed by atoms with E-state index in [1.165, 1.54) is 7.11 Å². The highest BCUT2D eigenvalue weighted by Crippen LogP contribution is 2.40. The van der Waals surface area contributed by atoms with Crippen molar-refractivity contribution in [3.05, 3.63) is 28.8 Å². The fourth-order valence-electron chi connectivity index (χ4n) is 1.91. The summed E-state index contributed by atoms with van der Waals surface area (Å²) in [6.45, 7) is 1.65. The molecule has 2 rings (SSSR count). The number of fused-ring (bicyclic) bond motifs is 1. The predicted molar refractivity (Wildman–Crippen MR) is 50.7 cm³/mol. The van der Waals surface area contributed by atoms with Crippen molar-refractivity contribution in [2.24, 2.45) is 0 Å². The first kappa shape index (κ1) is 10.1. The molecule has 0 fully saturated rings. The van der Waals surface area contributed by atoms with Crippen LogP contribution in [0.4, 0.5) is 8.78 Å². The molecule has 0 heterocycles. The van der Waals surface area contributed by atoms with Crippen LogP contribution in [-0.4, -0.2) is 18.8 Å². The lowest BCUT2D eigenvalue weighted by atomic mass is 10.0. The van der Waals surface area contributed by atoms with E-state index in [9.17, 15) is 13.6 Å².